The molecule has 0 bridgehead atoms. The highest BCUT2D eigenvalue weighted by Gasteiger charge is 2.49. The molecule has 0 aromatic carbocycles. The summed E-state index contributed by atoms with van der Waals surface area (Å²) in [6, 6.07) is -0.429. The Morgan fingerprint density at radius 2 is 1.61 bits per heavy atom. The predicted octanol–water partition coefficient (Wildman–Crippen LogP) is 3.03. The van der Waals surface area contributed by atoms with Crippen LogP contribution in [0.3, 0.4) is 0 Å². The van der Waals surface area contributed by atoms with Crippen LogP contribution in [0.2, 0.25) is 0 Å². The molecule has 33 heavy (non-hydrogen) atoms. The van der Waals surface area contributed by atoms with Gasteiger partial charge < -0.3 is 25.0 Å². The van der Waals surface area contributed by atoms with E-state index in [4.69, 9.17) is 4.74 Å². The Hall–Kier alpha value is -1.02. The van der Waals surface area contributed by atoms with Crippen LogP contribution in [0.4, 0.5) is 0 Å². The molecular weight excluding hydrogens is 422 g/mol. The van der Waals surface area contributed by atoms with Gasteiger partial charge in [0, 0.05) is 24.4 Å². The van der Waals surface area contributed by atoms with Gasteiger partial charge in [0.05, 0.1) is 5.60 Å². The minimum Gasteiger partial charge on any atom is -0.459 e. The molecule has 1 aliphatic heterocycles. The average Bonchev–Trinajstić information content (AvgIpc) is 2.66. The average molecular weight is 472 g/mol. The molecule has 0 aromatic heterocycles. The maximum absolute atomic E-state index is 13.4. The van der Waals surface area contributed by atoms with Crippen molar-refractivity contribution in [2.45, 2.75) is 112 Å². The van der Waals surface area contributed by atoms with Gasteiger partial charge in [-0.1, -0.05) is 41.5 Å². The van der Waals surface area contributed by atoms with Crippen molar-refractivity contribution in [3.63, 3.8) is 0 Å². The monoisotopic (exact) mass is 471 g/mol. The first-order valence-corrected chi connectivity index (χ1v) is 12.4. The van der Waals surface area contributed by atoms with Crippen LogP contribution in [0.15, 0.2) is 0 Å². The van der Waals surface area contributed by atoms with Crippen LogP contribution in [-0.2, 0) is 14.3 Å². The fourth-order valence-electron chi connectivity index (χ4n) is 6.23. The maximum Gasteiger partial charge on any atom is 0.316 e. The fraction of sp³-hybridized carbons (Fsp3) is 0.923. The fourth-order valence-corrected chi connectivity index (χ4v) is 6.23. The molecule has 3 N–H and O–H groups in total. The molecule has 1 rings (SSSR count). The van der Waals surface area contributed by atoms with E-state index in [1.165, 1.54) is 13.8 Å². The van der Waals surface area contributed by atoms with Crippen molar-refractivity contribution in [1.29, 1.82) is 0 Å². The first-order chi connectivity index (χ1) is 14.8. The third-order valence-electron chi connectivity index (χ3n) is 7.73. The molecule has 7 nitrogen and oxygen atoms in total. The van der Waals surface area contributed by atoms with E-state index in [1.807, 2.05) is 46.6 Å². The SMILES string of the molecule is CC[C@H]1OC(=O)[C@H](C)C(=O)[C@H](C)[C@@H](C(C)(C)C)[C@](C)(O)C[C@@H](C)CN(C)[C@H](C)[C@@H](O)[C@]1(C)O. The molecule has 0 aliphatic carbocycles. The summed E-state index contributed by atoms with van der Waals surface area (Å²) >= 11 is 0. The molecule has 1 heterocycles. The highest BCUT2D eigenvalue weighted by Crippen LogP contribution is 2.44. The lowest BCUT2D eigenvalue weighted by atomic mass is 9.61. The predicted molar refractivity (Wildman–Crippen MR) is 130 cm³/mol. The smallest absolute Gasteiger partial charge is 0.316 e. The Labute approximate surface area is 200 Å². The van der Waals surface area contributed by atoms with Crippen LogP contribution < -0.4 is 0 Å². The van der Waals surface area contributed by atoms with Gasteiger partial charge in [0.1, 0.15) is 29.5 Å². The van der Waals surface area contributed by atoms with Crippen molar-refractivity contribution < 1.29 is 29.6 Å². The van der Waals surface area contributed by atoms with Crippen molar-refractivity contribution >= 4 is 11.8 Å². The van der Waals surface area contributed by atoms with E-state index < -0.39 is 53.2 Å². The first kappa shape index (κ1) is 30.0. The van der Waals surface area contributed by atoms with E-state index >= 15 is 0 Å². The van der Waals surface area contributed by atoms with E-state index in [0.29, 0.717) is 19.4 Å². The summed E-state index contributed by atoms with van der Waals surface area (Å²) in [7, 11) is 1.87. The summed E-state index contributed by atoms with van der Waals surface area (Å²) in [5.41, 5.74) is -3.24. The Kier molecular flexibility index (Phi) is 9.74. The number of cyclic esters (lactones) is 1. The van der Waals surface area contributed by atoms with Gasteiger partial charge in [-0.15, -0.1) is 0 Å². The van der Waals surface area contributed by atoms with E-state index in [0.717, 1.165) is 0 Å². The van der Waals surface area contributed by atoms with Gasteiger partial charge in [-0.3, -0.25) is 9.59 Å². The van der Waals surface area contributed by atoms with Crippen LogP contribution in [0.25, 0.3) is 0 Å². The summed E-state index contributed by atoms with van der Waals surface area (Å²) in [6.45, 7) is 18.8. The first-order valence-electron chi connectivity index (χ1n) is 12.4. The number of ketones is 1. The molecule has 0 unspecified atom stereocenters. The number of aliphatic hydroxyl groups is 3. The van der Waals surface area contributed by atoms with Crippen molar-refractivity contribution in [3.8, 4) is 0 Å². The van der Waals surface area contributed by atoms with Crippen LogP contribution >= 0.6 is 0 Å². The van der Waals surface area contributed by atoms with Crippen molar-refractivity contribution in [1.82, 2.24) is 4.90 Å². The van der Waals surface area contributed by atoms with Crippen LogP contribution in [0.1, 0.15) is 82.1 Å². The summed E-state index contributed by atoms with van der Waals surface area (Å²) < 4.78 is 5.62. The number of ether oxygens (including phenoxy) is 1. The minimum absolute atomic E-state index is 0.0548. The summed E-state index contributed by atoms with van der Waals surface area (Å²) in [4.78, 5) is 28.3. The second-order valence-electron chi connectivity index (χ2n) is 12.1. The molecule has 0 aromatic rings. The van der Waals surface area contributed by atoms with E-state index in [2.05, 4.69) is 0 Å². The van der Waals surface area contributed by atoms with Crippen LogP contribution in [-0.4, -0.2) is 75.0 Å². The largest absolute Gasteiger partial charge is 0.459 e. The molecule has 1 saturated heterocycles. The number of aliphatic hydroxyl groups excluding tert-OH is 1. The third-order valence-corrected chi connectivity index (χ3v) is 7.73. The third kappa shape index (κ3) is 6.77. The molecule has 9 atom stereocenters. The number of carbonyl (C=O) groups is 2. The van der Waals surface area contributed by atoms with Crippen molar-refractivity contribution in [3.05, 3.63) is 0 Å². The highest BCUT2D eigenvalue weighted by molar-refractivity contribution is 5.99. The minimum atomic E-state index is -1.70. The number of hydrogen-bond acceptors (Lipinski definition) is 7. The van der Waals surface area contributed by atoms with Crippen molar-refractivity contribution in [2.24, 2.45) is 29.1 Å². The number of Topliss-reactive ketones (excluding diaryl/α,β-unsaturated/α-hetero) is 1. The highest BCUT2D eigenvalue weighted by atomic mass is 16.6. The number of hydrogen-bond donors (Lipinski definition) is 3. The molecule has 0 amide bonds. The molecule has 7 heteroatoms. The second kappa shape index (κ2) is 10.7. The van der Waals surface area contributed by atoms with E-state index in [1.54, 1.807) is 20.8 Å². The molecule has 1 fully saturated rings. The molecule has 0 spiro atoms. The van der Waals surface area contributed by atoms with E-state index in [9.17, 15) is 24.9 Å². The lowest BCUT2D eigenvalue weighted by Crippen LogP contribution is -2.59. The summed E-state index contributed by atoms with van der Waals surface area (Å²) in [6.07, 6.45) is -1.42. The standard InChI is InChI=1S/C26H49NO6/c1-12-19-26(10,32)22(29)18(5)27(11)14-15(2)13-25(9,31)21(24(6,7)8)16(3)20(28)17(4)23(30)33-19/h15-19,21-22,29,31-32H,12-14H2,1-11H3/t15-,16+,17-,18-,19-,21+,22-,25-,26-/m1/s1. The maximum atomic E-state index is 13.4. The van der Waals surface area contributed by atoms with Gasteiger partial charge in [0.25, 0.3) is 0 Å². The van der Waals surface area contributed by atoms with Gasteiger partial charge >= 0.3 is 5.97 Å². The lowest BCUT2D eigenvalue weighted by Gasteiger charge is -2.46. The normalized spacial score (nSPS) is 43.5. The Bertz CT molecular complexity index is 683. The Balaban J connectivity index is 3.56. The zero-order valence-electron chi connectivity index (χ0n) is 22.7. The van der Waals surface area contributed by atoms with Gasteiger partial charge in [-0.25, -0.2) is 0 Å². The Morgan fingerprint density at radius 1 is 1.09 bits per heavy atom. The summed E-state index contributed by atoms with van der Waals surface area (Å²) in [5.74, 6) is -2.98. The molecular formula is C26H49NO6. The number of likely N-dealkylation sites (N-methyl/N-ethyl adjacent to an activating group) is 1. The Morgan fingerprint density at radius 3 is 2.06 bits per heavy atom. The van der Waals surface area contributed by atoms with Gasteiger partial charge in [-0.05, 0) is 58.9 Å². The molecule has 0 radical (unpaired) electrons. The lowest BCUT2D eigenvalue weighted by molar-refractivity contribution is -0.189. The van der Waals surface area contributed by atoms with Crippen molar-refractivity contribution in [2.75, 3.05) is 13.6 Å². The van der Waals surface area contributed by atoms with Crippen LogP contribution in [0, 0.1) is 29.1 Å². The zero-order chi connectivity index (χ0) is 26.1. The number of nitrogens with zero attached hydrogens (tertiary/aromatic N) is 1. The second-order valence-corrected chi connectivity index (χ2v) is 12.1. The zero-order valence-corrected chi connectivity index (χ0v) is 22.7. The van der Waals surface area contributed by atoms with E-state index in [-0.39, 0.29) is 17.1 Å². The number of esters is 1. The topological polar surface area (TPSA) is 107 Å². The van der Waals surface area contributed by atoms with Crippen LogP contribution in [0.5, 0.6) is 0 Å². The van der Waals surface area contributed by atoms with Gasteiger partial charge in [0.2, 0.25) is 0 Å². The molecule has 0 saturated carbocycles. The quantitative estimate of drug-likeness (QED) is 0.398. The van der Waals surface area contributed by atoms with Gasteiger partial charge in [0.15, 0.2) is 0 Å². The molecule has 1 aliphatic rings. The number of carbonyl (C=O) groups excluding carboxylic acids is 2. The summed E-state index contributed by atoms with van der Waals surface area (Å²) in [5, 5.41) is 33.9. The molecule has 194 valence electrons. The van der Waals surface area contributed by atoms with Gasteiger partial charge in [-0.2, -0.15) is 0 Å². The number of rotatable bonds is 1.